The van der Waals surface area contributed by atoms with Crippen LogP contribution in [0.5, 0.6) is 0 Å². The first-order valence-corrected chi connectivity index (χ1v) is 5.83. The third-order valence-corrected chi connectivity index (χ3v) is 3.63. The molecule has 1 aromatic heterocycles. The van der Waals surface area contributed by atoms with Crippen LogP contribution in [0, 0.1) is 17.3 Å². The second-order valence-corrected chi connectivity index (χ2v) is 4.63. The van der Waals surface area contributed by atoms with Crippen molar-refractivity contribution in [1.82, 2.24) is 10.3 Å². The Morgan fingerprint density at radius 2 is 2.41 bits per heavy atom. The van der Waals surface area contributed by atoms with E-state index < -0.39 is 5.95 Å². The van der Waals surface area contributed by atoms with Crippen LogP contribution in [0.4, 0.5) is 10.1 Å². The number of nitrogens with one attached hydrogen (secondary N) is 1. The summed E-state index contributed by atoms with van der Waals surface area (Å²) in [6.45, 7) is 1.88. The number of anilines is 1. The first-order chi connectivity index (χ1) is 8.28. The zero-order valence-corrected chi connectivity index (χ0v) is 9.36. The topological polar surface area (TPSA) is 52.0 Å². The molecule has 4 rings (SSSR count). The Morgan fingerprint density at radius 1 is 1.53 bits per heavy atom. The van der Waals surface area contributed by atoms with Gasteiger partial charge in [0.15, 0.2) is 0 Å². The highest BCUT2D eigenvalue weighted by Crippen LogP contribution is 2.28. The van der Waals surface area contributed by atoms with E-state index in [1.165, 1.54) is 12.6 Å². The second-order valence-electron chi connectivity index (χ2n) is 4.63. The molecule has 4 nitrogen and oxygen atoms in total. The minimum Gasteiger partial charge on any atom is -0.364 e. The molecule has 2 bridgehead atoms. The fraction of sp³-hybridized carbons (Fsp3) is 0.500. The number of pyridine rings is 1. The van der Waals surface area contributed by atoms with Crippen LogP contribution in [0.25, 0.3) is 0 Å². The number of aromatic nitrogens is 1. The fourth-order valence-corrected chi connectivity index (χ4v) is 2.70. The van der Waals surface area contributed by atoms with Crippen LogP contribution in [0.3, 0.4) is 0 Å². The number of fused-ring (bicyclic) bond motifs is 3. The SMILES string of the molecule is N#Cc1cc(N2C[C@H]3CC[C@@H]2CN3)cnc1F. The Hall–Kier alpha value is -1.67. The summed E-state index contributed by atoms with van der Waals surface area (Å²) in [5, 5.41) is 12.3. The van der Waals surface area contributed by atoms with Crippen molar-refractivity contribution >= 4 is 5.69 Å². The van der Waals surface area contributed by atoms with E-state index in [1.807, 2.05) is 6.07 Å². The van der Waals surface area contributed by atoms with E-state index >= 15 is 0 Å². The van der Waals surface area contributed by atoms with Crippen LogP contribution in [0.2, 0.25) is 0 Å². The number of piperazine rings is 1. The fourth-order valence-electron chi connectivity index (χ4n) is 2.70. The van der Waals surface area contributed by atoms with Gasteiger partial charge in [-0.25, -0.2) is 4.98 Å². The lowest BCUT2D eigenvalue weighted by Crippen LogP contribution is -2.61. The molecular weight excluding hydrogens is 219 g/mol. The Balaban J connectivity index is 1.92. The van der Waals surface area contributed by atoms with Crippen molar-refractivity contribution in [2.75, 3.05) is 18.0 Å². The Morgan fingerprint density at radius 3 is 3.00 bits per heavy atom. The summed E-state index contributed by atoms with van der Waals surface area (Å²) < 4.78 is 13.2. The van der Waals surface area contributed by atoms with Gasteiger partial charge in [0.25, 0.3) is 0 Å². The molecule has 0 unspecified atom stereocenters. The first-order valence-electron chi connectivity index (χ1n) is 5.83. The number of hydrogen-bond donors (Lipinski definition) is 1. The summed E-state index contributed by atoms with van der Waals surface area (Å²) in [5.41, 5.74) is 0.885. The number of piperidine rings is 2. The quantitative estimate of drug-likeness (QED) is 0.735. The van der Waals surface area contributed by atoms with Crippen molar-refractivity contribution in [3.63, 3.8) is 0 Å². The number of nitriles is 1. The standard InChI is InChI=1S/C12H13FN4/c13-12-8(4-14)3-11(6-16-12)17-7-9-1-2-10(17)5-15-9/h3,6,9-10,15H,1-2,5,7H2/t9-,10-/m1/s1. The van der Waals surface area contributed by atoms with E-state index in [2.05, 4.69) is 15.2 Å². The number of halogens is 1. The molecule has 3 fully saturated rings. The second kappa shape index (κ2) is 3.97. The number of rotatable bonds is 1. The highest BCUT2D eigenvalue weighted by Gasteiger charge is 2.33. The predicted molar refractivity (Wildman–Crippen MR) is 61.1 cm³/mol. The van der Waals surface area contributed by atoms with Gasteiger partial charge in [-0.3, -0.25) is 0 Å². The van der Waals surface area contributed by atoms with Crippen molar-refractivity contribution in [3.8, 4) is 6.07 Å². The van der Waals surface area contributed by atoms with Gasteiger partial charge in [-0.2, -0.15) is 9.65 Å². The van der Waals surface area contributed by atoms with Crippen molar-refractivity contribution in [1.29, 1.82) is 5.26 Å². The van der Waals surface area contributed by atoms with Crippen LogP contribution in [0.15, 0.2) is 12.3 Å². The molecule has 1 N–H and O–H groups in total. The van der Waals surface area contributed by atoms with Gasteiger partial charge in [0.2, 0.25) is 5.95 Å². The molecule has 4 heterocycles. The van der Waals surface area contributed by atoms with Gasteiger partial charge in [-0.05, 0) is 18.9 Å². The third kappa shape index (κ3) is 1.75. The van der Waals surface area contributed by atoms with Crippen molar-refractivity contribution in [3.05, 3.63) is 23.8 Å². The lowest BCUT2D eigenvalue weighted by Gasteiger charge is -2.47. The molecule has 0 saturated carbocycles. The van der Waals surface area contributed by atoms with Crippen LogP contribution >= 0.6 is 0 Å². The van der Waals surface area contributed by atoms with Crippen molar-refractivity contribution in [2.45, 2.75) is 24.9 Å². The summed E-state index contributed by atoms with van der Waals surface area (Å²) in [6, 6.07) is 4.39. The lowest BCUT2D eigenvalue weighted by molar-refractivity contribution is 0.290. The third-order valence-electron chi connectivity index (χ3n) is 3.63. The molecule has 1 aromatic rings. The molecule has 3 saturated heterocycles. The van der Waals surface area contributed by atoms with E-state index in [4.69, 9.17) is 5.26 Å². The molecule has 2 atom stereocenters. The molecule has 3 aliphatic heterocycles. The highest BCUT2D eigenvalue weighted by atomic mass is 19.1. The van der Waals surface area contributed by atoms with E-state index in [0.717, 1.165) is 25.2 Å². The molecule has 17 heavy (non-hydrogen) atoms. The Bertz CT molecular complexity index is 474. The van der Waals surface area contributed by atoms with Gasteiger partial charge in [0.1, 0.15) is 11.6 Å². The van der Waals surface area contributed by atoms with Gasteiger partial charge in [-0.1, -0.05) is 0 Å². The lowest BCUT2D eigenvalue weighted by atomic mass is 9.92. The maximum atomic E-state index is 13.2. The summed E-state index contributed by atoms with van der Waals surface area (Å²) in [5.74, 6) is -0.684. The van der Waals surface area contributed by atoms with Crippen molar-refractivity contribution in [2.24, 2.45) is 0 Å². The molecular formula is C12H13FN4. The molecule has 3 aliphatic rings. The number of hydrogen-bond acceptors (Lipinski definition) is 4. The summed E-state index contributed by atoms with van der Waals surface area (Å²) in [6.07, 6.45) is 3.87. The maximum Gasteiger partial charge on any atom is 0.230 e. The average molecular weight is 232 g/mol. The monoisotopic (exact) mass is 232 g/mol. The van der Waals surface area contributed by atoms with E-state index in [-0.39, 0.29) is 5.56 Å². The van der Waals surface area contributed by atoms with Gasteiger partial charge < -0.3 is 10.2 Å². The van der Waals surface area contributed by atoms with Gasteiger partial charge >= 0.3 is 0 Å². The molecule has 0 spiro atoms. The highest BCUT2D eigenvalue weighted by molar-refractivity contribution is 5.51. The average Bonchev–Trinajstić information content (AvgIpc) is 2.40. The molecule has 0 aliphatic carbocycles. The predicted octanol–water partition coefficient (Wildman–Crippen LogP) is 1.03. The smallest absolute Gasteiger partial charge is 0.230 e. The van der Waals surface area contributed by atoms with Crippen LogP contribution in [-0.4, -0.2) is 30.2 Å². The van der Waals surface area contributed by atoms with Crippen LogP contribution < -0.4 is 10.2 Å². The molecule has 5 heteroatoms. The van der Waals surface area contributed by atoms with Gasteiger partial charge in [0, 0.05) is 25.2 Å². The Kier molecular flexibility index (Phi) is 2.45. The molecule has 88 valence electrons. The van der Waals surface area contributed by atoms with Crippen LogP contribution in [0.1, 0.15) is 18.4 Å². The normalized spacial score (nSPS) is 26.9. The zero-order chi connectivity index (χ0) is 11.8. The largest absolute Gasteiger partial charge is 0.364 e. The molecule has 0 radical (unpaired) electrons. The zero-order valence-electron chi connectivity index (χ0n) is 9.36. The molecule has 0 aromatic carbocycles. The van der Waals surface area contributed by atoms with E-state index in [0.29, 0.717) is 12.1 Å². The first kappa shape index (κ1) is 10.5. The van der Waals surface area contributed by atoms with Crippen molar-refractivity contribution < 1.29 is 4.39 Å². The molecule has 0 amide bonds. The Labute approximate surface area is 99.1 Å². The van der Waals surface area contributed by atoms with Gasteiger partial charge in [-0.15, -0.1) is 0 Å². The minimum absolute atomic E-state index is 0.0249. The maximum absolute atomic E-state index is 13.2. The van der Waals surface area contributed by atoms with Crippen LogP contribution in [-0.2, 0) is 0 Å². The van der Waals surface area contributed by atoms with E-state index in [1.54, 1.807) is 6.07 Å². The van der Waals surface area contributed by atoms with Gasteiger partial charge in [0.05, 0.1) is 11.9 Å². The summed E-state index contributed by atoms with van der Waals surface area (Å²) >= 11 is 0. The minimum atomic E-state index is -0.684. The summed E-state index contributed by atoms with van der Waals surface area (Å²) in [4.78, 5) is 5.89. The van der Waals surface area contributed by atoms with E-state index in [9.17, 15) is 4.39 Å². The summed E-state index contributed by atoms with van der Waals surface area (Å²) in [7, 11) is 0. The number of nitrogens with zero attached hydrogens (tertiary/aromatic N) is 3.